The van der Waals surface area contributed by atoms with Crippen LogP contribution in [-0.4, -0.2) is 9.38 Å². The van der Waals surface area contributed by atoms with Gasteiger partial charge in [0, 0.05) is 25.0 Å². The van der Waals surface area contributed by atoms with Crippen molar-refractivity contribution in [2.24, 2.45) is 0 Å². The van der Waals surface area contributed by atoms with Gasteiger partial charge in [0.15, 0.2) is 0 Å². The standard InChI is InChI=1S/C16H15Cl2N3/c1-11(12-5-6-14(17)15(18)8-12)19-9-13-10-21-7-3-2-4-16(21)20-13/h2-8,10-11,19H,9H2,1H3. The third kappa shape index (κ3) is 3.21. The minimum absolute atomic E-state index is 0.171. The average molecular weight is 320 g/mol. The Labute approximate surface area is 133 Å². The van der Waals surface area contributed by atoms with Gasteiger partial charge in [-0.2, -0.15) is 0 Å². The summed E-state index contributed by atoms with van der Waals surface area (Å²) in [7, 11) is 0. The van der Waals surface area contributed by atoms with Crippen molar-refractivity contribution in [3.8, 4) is 0 Å². The number of hydrogen-bond donors (Lipinski definition) is 1. The van der Waals surface area contributed by atoms with E-state index >= 15 is 0 Å². The van der Waals surface area contributed by atoms with Crippen LogP contribution in [0.5, 0.6) is 0 Å². The van der Waals surface area contributed by atoms with Crippen molar-refractivity contribution in [3.05, 3.63) is 70.1 Å². The van der Waals surface area contributed by atoms with Gasteiger partial charge >= 0.3 is 0 Å². The first kappa shape index (κ1) is 14.4. The predicted molar refractivity (Wildman–Crippen MR) is 86.9 cm³/mol. The third-order valence-corrected chi connectivity index (χ3v) is 4.19. The van der Waals surface area contributed by atoms with Gasteiger partial charge in [-0.1, -0.05) is 35.3 Å². The highest BCUT2D eigenvalue weighted by Gasteiger charge is 2.08. The Bertz CT molecular complexity index is 734. The third-order valence-electron chi connectivity index (χ3n) is 3.45. The van der Waals surface area contributed by atoms with Crippen molar-refractivity contribution < 1.29 is 0 Å². The van der Waals surface area contributed by atoms with E-state index in [0.717, 1.165) is 16.9 Å². The zero-order valence-corrected chi connectivity index (χ0v) is 13.1. The summed E-state index contributed by atoms with van der Waals surface area (Å²) in [6.45, 7) is 2.79. The van der Waals surface area contributed by atoms with E-state index in [2.05, 4.69) is 17.2 Å². The van der Waals surface area contributed by atoms with Gasteiger partial charge in [-0.3, -0.25) is 0 Å². The highest BCUT2D eigenvalue weighted by atomic mass is 35.5. The number of pyridine rings is 1. The van der Waals surface area contributed by atoms with Crippen molar-refractivity contribution in [1.82, 2.24) is 14.7 Å². The summed E-state index contributed by atoms with van der Waals surface area (Å²) in [5.74, 6) is 0. The quantitative estimate of drug-likeness (QED) is 0.767. The first-order valence-electron chi connectivity index (χ1n) is 6.74. The maximum atomic E-state index is 6.05. The molecule has 3 aromatic rings. The molecular weight excluding hydrogens is 305 g/mol. The zero-order valence-electron chi connectivity index (χ0n) is 11.6. The van der Waals surface area contributed by atoms with Crippen LogP contribution in [0.15, 0.2) is 48.8 Å². The topological polar surface area (TPSA) is 29.3 Å². The molecule has 2 heterocycles. The number of aromatic nitrogens is 2. The van der Waals surface area contributed by atoms with E-state index in [9.17, 15) is 0 Å². The molecule has 1 atom stereocenters. The molecular formula is C16H15Cl2N3. The molecule has 1 N–H and O–H groups in total. The van der Waals surface area contributed by atoms with Crippen LogP contribution >= 0.6 is 23.2 Å². The molecule has 1 aromatic carbocycles. The van der Waals surface area contributed by atoms with Crippen LogP contribution in [0.25, 0.3) is 5.65 Å². The lowest BCUT2D eigenvalue weighted by molar-refractivity contribution is 0.569. The van der Waals surface area contributed by atoms with E-state index < -0.39 is 0 Å². The lowest BCUT2D eigenvalue weighted by atomic mass is 10.1. The van der Waals surface area contributed by atoms with Crippen LogP contribution in [0.2, 0.25) is 10.0 Å². The molecule has 0 spiro atoms. The maximum Gasteiger partial charge on any atom is 0.137 e. The number of rotatable bonds is 4. The molecule has 21 heavy (non-hydrogen) atoms. The fraction of sp³-hybridized carbons (Fsp3) is 0.188. The molecule has 0 aliphatic heterocycles. The summed E-state index contributed by atoms with van der Waals surface area (Å²) in [6, 6.07) is 11.8. The van der Waals surface area contributed by atoms with E-state index in [0.29, 0.717) is 16.6 Å². The van der Waals surface area contributed by atoms with Crippen LogP contribution in [0.3, 0.4) is 0 Å². The molecule has 0 saturated carbocycles. The Morgan fingerprint density at radius 2 is 2.05 bits per heavy atom. The minimum atomic E-state index is 0.171. The molecule has 0 fully saturated rings. The van der Waals surface area contributed by atoms with Crippen molar-refractivity contribution in [3.63, 3.8) is 0 Å². The molecule has 1 unspecified atom stereocenters. The molecule has 0 aliphatic carbocycles. The SMILES string of the molecule is CC(NCc1cn2ccccc2n1)c1ccc(Cl)c(Cl)c1. The number of halogens is 2. The molecule has 3 rings (SSSR count). The molecule has 0 aliphatic rings. The fourth-order valence-corrected chi connectivity index (χ4v) is 2.54. The molecule has 0 radical (unpaired) electrons. The Kier molecular flexibility index (Phi) is 4.15. The number of fused-ring (bicyclic) bond motifs is 1. The van der Waals surface area contributed by atoms with Crippen molar-refractivity contribution >= 4 is 28.8 Å². The van der Waals surface area contributed by atoms with Crippen molar-refractivity contribution in [2.75, 3.05) is 0 Å². The summed E-state index contributed by atoms with van der Waals surface area (Å²) < 4.78 is 2.01. The minimum Gasteiger partial charge on any atom is -0.307 e. The van der Waals surface area contributed by atoms with Gasteiger partial charge in [-0.05, 0) is 36.8 Å². The summed E-state index contributed by atoms with van der Waals surface area (Å²) in [4.78, 5) is 4.56. The number of imidazole rings is 1. The molecule has 0 bridgehead atoms. The molecule has 2 aromatic heterocycles. The van der Waals surface area contributed by atoms with Gasteiger partial charge in [-0.15, -0.1) is 0 Å². The Morgan fingerprint density at radius 3 is 2.81 bits per heavy atom. The summed E-state index contributed by atoms with van der Waals surface area (Å²) in [5.41, 5.74) is 3.07. The van der Waals surface area contributed by atoms with E-state index in [1.165, 1.54) is 0 Å². The number of benzene rings is 1. The summed E-state index contributed by atoms with van der Waals surface area (Å²) >= 11 is 12.0. The van der Waals surface area contributed by atoms with Gasteiger partial charge < -0.3 is 9.72 Å². The van der Waals surface area contributed by atoms with Crippen molar-refractivity contribution in [1.29, 1.82) is 0 Å². The highest BCUT2D eigenvalue weighted by Crippen LogP contribution is 2.25. The Morgan fingerprint density at radius 1 is 1.19 bits per heavy atom. The van der Waals surface area contributed by atoms with Crippen LogP contribution < -0.4 is 5.32 Å². The van der Waals surface area contributed by atoms with Gasteiger partial charge in [0.25, 0.3) is 0 Å². The van der Waals surface area contributed by atoms with E-state index in [1.807, 2.05) is 53.2 Å². The molecule has 5 heteroatoms. The van der Waals surface area contributed by atoms with Gasteiger partial charge in [0.05, 0.1) is 15.7 Å². The van der Waals surface area contributed by atoms with Gasteiger partial charge in [0.1, 0.15) is 5.65 Å². The molecule has 0 saturated heterocycles. The van der Waals surface area contributed by atoms with Gasteiger partial charge in [-0.25, -0.2) is 4.98 Å². The number of nitrogens with one attached hydrogen (secondary N) is 1. The fourth-order valence-electron chi connectivity index (χ4n) is 2.23. The molecule has 0 amide bonds. The average Bonchev–Trinajstić information content (AvgIpc) is 2.90. The normalized spacial score (nSPS) is 12.7. The van der Waals surface area contributed by atoms with E-state index in [-0.39, 0.29) is 6.04 Å². The van der Waals surface area contributed by atoms with Crippen molar-refractivity contribution in [2.45, 2.75) is 19.5 Å². The number of nitrogens with zero attached hydrogens (tertiary/aromatic N) is 2. The second-order valence-corrected chi connectivity index (χ2v) is 5.79. The number of hydrogen-bond acceptors (Lipinski definition) is 2. The lowest BCUT2D eigenvalue weighted by Gasteiger charge is -2.14. The van der Waals surface area contributed by atoms with Crippen LogP contribution in [0.4, 0.5) is 0 Å². The Balaban J connectivity index is 1.70. The van der Waals surface area contributed by atoms with Crippen LogP contribution in [0, 0.1) is 0 Å². The maximum absolute atomic E-state index is 6.05. The Hall–Kier alpha value is -1.55. The monoisotopic (exact) mass is 319 g/mol. The van der Waals surface area contributed by atoms with E-state index in [4.69, 9.17) is 23.2 Å². The lowest BCUT2D eigenvalue weighted by Crippen LogP contribution is -2.18. The smallest absolute Gasteiger partial charge is 0.137 e. The second-order valence-electron chi connectivity index (χ2n) is 4.97. The largest absolute Gasteiger partial charge is 0.307 e. The first-order valence-corrected chi connectivity index (χ1v) is 7.50. The second kappa shape index (κ2) is 6.06. The first-order chi connectivity index (χ1) is 10.1. The van der Waals surface area contributed by atoms with Crippen LogP contribution in [-0.2, 0) is 6.54 Å². The summed E-state index contributed by atoms with van der Waals surface area (Å²) in [5, 5.41) is 4.60. The van der Waals surface area contributed by atoms with Gasteiger partial charge in [0.2, 0.25) is 0 Å². The van der Waals surface area contributed by atoms with Crippen LogP contribution in [0.1, 0.15) is 24.2 Å². The summed E-state index contributed by atoms with van der Waals surface area (Å²) in [6.07, 6.45) is 4.03. The molecule has 108 valence electrons. The van der Waals surface area contributed by atoms with E-state index in [1.54, 1.807) is 0 Å². The zero-order chi connectivity index (χ0) is 14.8. The predicted octanol–water partition coefficient (Wildman–Crippen LogP) is 4.49. The highest BCUT2D eigenvalue weighted by molar-refractivity contribution is 6.42. The molecule has 3 nitrogen and oxygen atoms in total.